The zero-order valence-corrected chi connectivity index (χ0v) is 10.5. The van der Waals surface area contributed by atoms with Crippen LogP contribution in [0.4, 0.5) is 0 Å². The van der Waals surface area contributed by atoms with Gasteiger partial charge < -0.3 is 0 Å². The number of rotatable bonds is 3. The molecule has 1 aromatic heterocycles. The lowest BCUT2D eigenvalue weighted by molar-refractivity contribution is 0.136. The number of halogens is 1. The summed E-state index contributed by atoms with van der Waals surface area (Å²) in [5.41, 5.74) is 0. The van der Waals surface area contributed by atoms with Crippen molar-refractivity contribution in [1.29, 1.82) is 0 Å². The van der Waals surface area contributed by atoms with Gasteiger partial charge in [-0.3, -0.25) is 4.90 Å². The molecule has 2 rings (SSSR count). The summed E-state index contributed by atoms with van der Waals surface area (Å²) in [6, 6.07) is 0.724. The van der Waals surface area contributed by atoms with Gasteiger partial charge in [0.2, 0.25) is 4.47 Å². The van der Waals surface area contributed by atoms with Gasteiger partial charge in [0, 0.05) is 6.04 Å². The van der Waals surface area contributed by atoms with Crippen molar-refractivity contribution in [2.24, 2.45) is 0 Å². The summed E-state index contributed by atoms with van der Waals surface area (Å²) in [5, 5.41) is 8.96. The smallest absolute Gasteiger partial charge is 0.207 e. The van der Waals surface area contributed by atoms with Gasteiger partial charge in [0.25, 0.3) is 0 Å². The highest BCUT2D eigenvalue weighted by Crippen LogP contribution is 2.23. The van der Waals surface area contributed by atoms with Crippen LogP contribution < -0.4 is 0 Å². The molecule has 1 aliphatic heterocycles. The molecule has 3 nitrogen and oxygen atoms in total. The van der Waals surface area contributed by atoms with Crippen LogP contribution in [0.5, 0.6) is 0 Å². The Labute approximate surface area is 99.5 Å². The first-order valence-corrected chi connectivity index (χ1v) is 6.71. The molecule has 1 aliphatic rings. The van der Waals surface area contributed by atoms with E-state index in [1.54, 1.807) is 0 Å². The summed E-state index contributed by atoms with van der Waals surface area (Å²) in [7, 11) is 0. The fourth-order valence-corrected chi connectivity index (χ4v) is 3.09. The number of piperidine rings is 1. The van der Waals surface area contributed by atoms with Crippen LogP contribution in [0.2, 0.25) is 4.47 Å². The molecule has 2 heterocycles. The molecule has 84 valence electrons. The van der Waals surface area contributed by atoms with Gasteiger partial charge in [0.05, 0.1) is 6.54 Å². The van der Waals surface area contributed by atoms with Gasteiger partial charge >= 0.3 is 0 Å². The van der Waals surface area contributed by atoms with E-state index in [4.69, 9.17) is 11.6 Å². The first kappa shape index (κ1) is 11.3. The molecule has 0 N–H and O–H groups in total. The van der Waals surface area contributed by atoms with Crippen LogP contribution in [0.3, 0.4) is 0 Å². The molecule has 0 bridgehead atoms. The van der Waals surface area contributed by atoms with Gasteiger partial charge in [-0.05, 0) is 37.4 Å². The second-order valence-electron chi connectivity index (χ2n) is 3.98. The van der Waals surface area contributed by atoms with Gasteiger partial charge in [-0.1, -0.05) is 24.7 Å². The van der Waals surface area contributed by atoms with Gasteiger partial charge in [0.1, 0.15) is 5.01 Å². The lowest BCUT2D eigenvalue weighted by Crippen LogP contribution is -2.38. The van der Waals surface area contributed by atoms with E-state index in [0.29, 0.717) is 4.47 Å². The van der Waals surface area contributed by atoms with E-state index >= 15 is 0 Å². The maximum Gasteiger partial charge on any atom is 0.207 e. The average Bonchev–Trinajstić information content (AvgIpc) is 2.65. The summed E-state index contributed by atoms with van der Waals surface area (Å²) < 4.78 is 0.551. The normalized spacial score (nSPS) is 23.2. The number of aromatic nitrogens is 2. The molecule has 0 aliphatic carbocycles. The van der Waals surface area contributed by atoms with Crippen LogP contribution in [0.1, 0.15) is 37.6 Å². The van der Waals surface area contributed by atoms with Crippen molar-refractivity contribution in [3.63, 3.8) is 0 Å². The zero-order chi connectivity index (χ0) is 10.7. The molecule has 0 aromatic carbocycles. The van der Waals surface area contributed by atoms with Crippen molar-refractivity contribution in [3.8, 4) is 0 Å². The van der Waals surface area contributed by atoms with Crippen LogP contribution in [0, 0.1) is 0 Å². The molecule has 1 aromatic rings. The van der Waals surface area contributed by atoms with Gasteiger partial charge in [0.15, 0.2) is 0 Å². The topological polar surface area (TPSA) is 29.0 Å². The minimum Gasteiger partial charge on any atom is -0.294 e. The van der Waals surface area contributed by atoms with E-state index in [-0.39, 0.29) is 0 Å². The summed E-state index contributed by atoms with van der Waals surface area (Å²) in [6.07, 6.45) is 5.23. The monoisotopic (exact) mass is 245 g/mol. The van der Waals surface area contributed by atoms with Crippen molar-refractivity contribution >= 4 is 22.9 Å². The van der Waals surface area contributed by atoms with Crippen molar-refractivity contribution < 1.29 is 0 Å². The summed E-state index contributed by atoms with van der Waals surface area (Å²) in [5.74, 6) is 0. The molecule has 1 atom stereocenters. The SMILES string of the molecule is CCC1CCCCN1Cc1nnc(Cl)s1. The summed E-state index contributed by atoms with van der Waals surface area (Å²) in [4.78, 5) is 2.51. The quantitative estimate of drug-likeness (QED) is 0.820. The molecule has 1 fully saturated rings. The Morgan fingerprint density at radius 1 is 1.47 bits per heavy atom. The highest BCUT2D eigenvalue weighted by Gasteiger charge is 2.21. The Hall–Kier alpha value is -0.190. The standard InChI is InChI=1S/C10H16ClN3S/c1-2-8-5-3-4-6-14(8)7-9-12-13-10(11)15-9/h8H,2-7H2,1H3. The Bertz CT molecular complexity index is 315. The molecule has 15 heavy (non-hydrogen) atoms. The maximum atomic E-state index is 5.77. The Kier molecular flexibility index (Phi) is 3.94. The fourth-order valence-electron chi connectivity index (χ4n) is 2.20. The number of hydrogen-bond acceptors (Lipinski definition) is 4. The van der Waals surface area contributed by atoms with E-state index < -0.39 is 0 Å². The Balaban J connectivity index is 1.97. The van der Waals surface area contributed by atoms with Crippen LogP contribution in [-0.4, -0.2) is 27.7 Å². The predicted octanol–water partition coefficient (Wildman–Crippen LogP) is 2.96. The molecule has 1 unspecified atom stereocenters. The second-order valence-corrected chi connectivity index (χ2v) is 5.62. The van der Waals surface area contributed by atoms with Crippen molar-refractivity contribution in [2.45, 2.75) is 45.2 Å². The van der Waals surface area contributed by atoms with Crippen molar-refractivity contribution in [2.75, 3.05) is 6.54 Å². The Morgan fingerprint density at radius 2 is 2.33 bits per heavy atom. The lowest BCUT2D eigenvalue weighted by Gasteiger charge is -2.34. The number of likely N-dealkylation sites (tertiary alicyclic amines) is 1. The molecule has 0 saturated carbocycles. The van der Waals surface area contributed by atoms with Crippen molar-refractivity contribution in [3.05, 3.63) is 9.47 Å². The zero-order valence-electron chi connectivity index (χ0n) is 8.95. The number of nitrogens with zero attached hydrogens (tertiary/aromatic N) is 3. The first-order chi connectivity index (χ1) is 7.29. The van der Waals surface area contributed by atoms with Gasteiger partial charge in [-0.25, -0.2) is 0 Å². The van der Waals surface area contributed by atoms with Crippen LogP contribution in [-0.2, 0) is 6.54 Å². The third-order valence-corrected chi connectivity index (χ3v) is 4.00. The van der Waals surface area contributed by atoms with Gasteiger partial charge in [-0.2, -0.15) is 0 Å². The molecule has 5 heteroatoms. The molecular formula is C10H16ClN3S. The largest absolute Gasteiger partial charge is 0.294 e. The molecule has 1 saturated heterocycles. The van der Waals surface area contributed by atoms with Crippen molar-refractivity contribution in [1.82, 2.24) is 15.1 Å². The molecule has 0 amide bonds. The van der Waals surface area contributed by atoms with Crippen LogP contribution >= 0.6 is 22.9 Å². The van der Waals surface area contributed by atoms with E-state index in [2.05, 4.69) is 22.0 Å². The summed E-state index contributed by atoms with van der Waals surface area (Å²) in [6.45, 7) is 4.37. The van der Waals surface area contributed by atoms with Gasteiger partial charge in [-0.15, -0.1) is 10.2 Å². The minimum absolute atomic E-state index is 0.551. The molecule has 0 spiro atoms. The highest BCUT2D eigenvalue weighted by atomic mass is 35.5. The fraction of sp³-hybridized carbons (Fsp3) is 0.800. The van der Waals surface area contributed by atoms with Crippen LogP contribution in [0.15, 0.2) is 0 Å². The summed E-state index contributed by atoms with van der Waals surface area (Å²) >= 11 is 7.27. The highest BCUT2D eigenvalue weighted by molar-refractivity contribution is 7.15. The third kappa shape index (κ3) is 2.89. The maximum absolute atomic E-state index is 5.77. The Morgan fingerprint density at radius 3 is 3.00 bits per heavy atom. The lowest BCUT2D eigenvalue weighted by atomic mass is 10.0. The van der Waals surface area contributed by atoms with E-state index in [1.807, 2.05) is 0 Å². The number of hydrogen-bond donors (Lipinski definition) is 0. The second kappa shape index (κ2) is 5.23. The molecule has 0 radical (unpaired) electrons. The van der Waals surface area contributed by atoms with E-state index in [0.717, 1.165) is 17.6 Å². The van der Waals surface area contributed by atoms with E-state index in [1.165, 1.54) is 43.6 Å². The average molecular weight is 246 g/mol. The third-order valence-electron chi connectivity index (χ3n) is 3.00. The minimum atomic E-state index is 0.551. The van der Waals surface area contributed by atoms with E-state index in [9.17, 15) is 0 Å². The first-order valence-electron chi connectivity index (χ1n) is 5.51. The molecular weight excluding hydrogens is 230 g/mol. The predicted molar refractivity (Wildman–Crippen MR) is 63.3 cm³/mol. The van der Waals surface area contributed by atoms with Crippen LogP contribution in [0.25, 0.3) is 0 Å².